The van der Waals surface area contributed by atoms with Gasteiger partial charge >= 0.3 is 0 Å². The number of benzene rings is 1. The van der Waals surface area contributed by atoms with Gasteiger partial charge in [0.1, 0.15) is 0 Å². The van der Waals surface area contributed by atoms with Crippen LogP contribution < -0.4 is 0 Å². The van der Waals surface area contributed by atoms with Gasteiger partial charge in [-0.25, -0.2) is 4.67 Å². The topological polar surface area (TPSA) is 69.3 Å². The second-order valence-corrected chi connectivity index (χ2v) is 12.4. The van der Waals surface area contributed by atoms with Gasteiger partial charge in [-0.2, -0.15) is 10.5 Å². The molecule has 0 amide bonds. The van der Waals surface area contributed by atoms with Gasteiger partial charge in [-0.3, -0.25) is 0 Å². The van der Waals surface area contributed by atoms with Crippen LogP contribution in [0.2, 0.25) is 0 Å². The zero-order valence-corrected chi connectivity index (χ0v) is 20.5. The highest BCUT2D eigenvalue weighted by Gasteiger charge is 2.48. The van der Waals surface area contributed by atoms with Crippen molar-refractivity contribution >= 4 is 30.1 Å². The van der Waals surface area contributed by atoms with E-state index in [2.05, 4.69) is 58.4 Å². The van der Waals surface area contributed by atoms with E-state index in [4.69, 9.17) is 19.6 Å². The molecule has 1 aromatic carbocycles. The van der Waals surface area contributed by atoms with E-state index in [1.165, 1.54) is 0 Å². The molecular formula is C21H30N3O2PS2. The van der Waals surface area contributed by atoms with Gasteiger partial charge in [0, 0.05) is 16.8 Å². The van der Waals surface area contributed by atoms with Gasteiger partial charge in [0.05, 0.1) is 42.1 Å². The van der Waals surface area contributed by atoms with E-state index in [1.54, 1.807) is 0 Å². The van der Waals surface area contributed by atoms with Gasteiger partial charge < -0.3 is 9.05 Å². The van der Waals surface area contributed by atoms with Gasteiger partial charge in [0.2, 0.25) is 0 Å². The molecule has 3 atom stereocenters. The number of hydrogen-bond acceptors (Lipinski definition) is 7. The monoisotopic (exact) mass is 451 g/mol. The Morgan fingerprint density at radius 1 is 1.14 bits per heavy atom. The maximum Gasteiger partial charge on any atom is 0.259 e. The molecule has 0 bridgehead atoms. The molecule has 0 saturated carbocycles. The van der Waals surface area contributed by atoms with Crippen molar-refractivity contribution in [1.82, 2.24) is 4.67 Å². The van der Waals surface area contributed by atoms with Crippen LogP contribution in [0.3, 0.4) is 0 Å². The van der Waals surface area contributed by atoms with Crippen LogP contribution in [0.1, 0.15) is 64.3 Å². The molecule has 8 heteroatoms. The molecule has 0 radical (unpaired) electrons. The van der Waals surface area contributed by atoms with Crippen LogP contribution in [0.25, 0.3) is 0 Å². The molecule has 29 heavy (non-hydrogen) atoms. The van der Waals surface area contributed by atoms with E-state index < -0.39 is 8.53 Å². The van der Waals surface area contributed by atoms with E-state index in [0.29, 0.717) is 18.6 Å². The molecule has 1 saturated heterocycles. The van der Waals surface area contributed by atoms with E-state index in [1.807, 2.05) is 45.9 Å². The van der Waals surface area contributed by atoms with Crippen molar-refractivity contribution in [1.29, 1.82) is 10.5 Å². The van der Waals surface area contributed by atoms with Gasteiger partial charge in [-0.05, 0) is 59.2 Å². The summed E-state index contributed by atoms with van der Waals surface area (Å²) < 4.78 is 15.0. The van der Waals surface area contributed by atoms with Gasteiger partial charge in [0.25, 0.3) is 8.53 Å². The minimum absolute atomic E-state index is 0.0568. The Morgan fingerprint density at radius 3 is 2.28 bits per heavy atom. The van der Waals surface area contributed by atoms with Crippen molar-refractivity contribution in [3.05, 3.63) is 35.4 Å². The number of rotatable bonds is 9. The van der Waals surface area contributed by atoms with Crippen LogP contribution in [0, 0.1) is 22.7 Å². The highest BCUT2D eigenvalue weighted by Crippen LogP contribution is 2.63. The predicted octanol–water partition coefficient (Wildman–Crippen LogP) is 6.43. The van der Waals surface area contributed by atoms with Crippen LogP contribution in [0.15, 0.2) is 24.3 Å². The largest absolute Gasteiger partial charge is 0.321 e. The first kappa shape index (κ1) is 24.5. The molecule has 0 aliphatic carbocycles. The Labute approximate surface area is 184 Å². The zero-order chi connectivity index (χ0) is 21.6. The van der Waals surface area contributed by atoms with Crippen molar-refractivity contribution in [2.24, 2.45) is 0 Å². The second-order valence-electron chi connectivity index (χ2n) is 8.01. The highest BCUT2D eigenvalue weighted by molar-refractivity contribution is 8.77. The third-order valence-electron chi connectivity index (χ3n) is 4.56. The minimum atomic E-state index is -1.31. The van der Waals surface area contributed by atoms with Crippen LogP contribution >= 0.6 is 30.1 Å². The smallest absolute Gasteiger partial charge is 0.259 e. The Morgan fingerprint density at radius 2 is 1.76 bits per heavy atom. The molecule has 1 fully saturated rings. The zero-order valence-electron chi connectivity index (χ0n) is 18.0. The molecule has 158 valence electrons. The standard InChI is InChI=1S/C21H30N3O2PS2/c1-15(2)24(16(3)4)27(25-13-7-12-22)26-20-19(28-29-21(20,5)6)18-10-8-17(14-23)9-11-18/h8-11,15-16,19-20H,7,13H2,1-6H3/t19-,20+,27?/m0/s1. The van der Waals surface area contributed by atoms with Crippen molar-refractivity contribution in [3.8, 4) is 12.1 Å². The molecule has 1 aliphatic rings. The SMILES string of the molecule is CC(C)N(C(C)C)P(OCCC#N)O[C@@H]1[C@H](c2ccc(C#N)cc2)SSC1(C)C. The molecular weight excluding hydrogens is 421 g/mol. The lowest BCUT2D eigenvalue weighted by atomic mass is 9.97. The summed E-state index contributed by atoms with van der Waals surface area (Å²) in [5.74, 6) is 0. The molecule has 0 spiro atoms. The molecule has 0 N–H and O–H groups in total. The van der Waals surface area contributed by atoms with E-state index in [0.717, 1.165) is 5.56 Å². The lowest BCUT2D eigenvalue weighted by Crippen LogP contribution is -2.39. The maximum atomic E-state index is 9.09. The van der Waals surface area contributed by atoms with E-state index in [9.17, 15) is 0 Å². The summed E-state index contributed by atoms with van der Waals surface area (Å²) in [5.41, 5.74) is 1.82. The number of nitrogens with zero attached hydrogens (tertiary/aromatic N) is 3. The molecule has 0 aromatic heterocycles. The fourth-order valence-corrected chi connectivity index (χ4v) is 8.68. The average Bonchev–Trinajstić information content (AvgIpc) is 2.96. The summed E-state index contributed by atoms with van der Waals surface area (Å²) >= 11 is 0. The summed E-state index contributed by atoms with van der Waals surface area (Å²) in [6, 6.07) is 12.6. The van der Waals surface area contributed by atoms with Crippen molar-refractivity contribution < 1.29 is 9.05 Å². The van der Waals surface area contributed by atoms with E-state index >= 15 is 0 Å². The Hall–Kier alpha value is -0.790. The molecule has 1 aliphatic heterocycles. The highest BCUT2D eigenvalue weighted by atomic mass is 33.1. The maximum absolute atomic E-state index is 9.09. The van der Waals surface area contributed by atoms with Crippen LogP contribution in [-0.4, -0.2) is 34.2 Å². The number of nitriles is 2. The molecule has 1 aromatic rings. The van der Waals surface area contributed by atoms with Gasteiger partial charge in [-0.15, -0.1) is 0 Å². The molecule has 5 nitrogen and oxygen atoms in total. The normalized spacial score (nSPS) is 22.0. The minimum Gasteiger partial charge on any atom is -0.321 e. The Kier molecular flexibility index (Phi) is 9.29. The lowest BCUT2D eigenvalue weighted by Gasteiger charge is -2.39. The van der Waals surface area contributed by atoms with Crippen molar-refractivity contribution in [2.45, 2.75) is 76.1 Å². The quantitative estimate of drug-likeness (QED) is 0.243. The first-order chi connectivity index (χ1) is 13.7. The molecule has 2 rings (SSSR count). The summed E-state index contributed by atoms with van der Waals surface area (Å²) in [6.45, 7) is 13.4. The van der Waals surface area contributed by atoms with Gasteiger partial charge in [-0.1, -0.05) is 33.7 Å². The van der Waals surface area contributed by atoms with Crippen molar-refractivity contribution in [2.75, 3.05) is 6.61 Å². The fourth-order valence-electron chi connectivity index (χ4n) is 3.19. The predicted molar refractivity (Wildman–Crippen MR) is 123 cm³/mol. The third-order valence-corrected chi connectivity index (χ3v) is 10.4. The van der Waals surface area contributed by atoms with Gasteiger partial charge in [0.15, 0.2) is 0 Å². The summed E-state index contributed by atoms with van der Waals surface area (Å²) in [5, 5.41) is 18.2. The molecule has 1 unspecified atom stereocenters. The summed E-state index contributed by atoms with van der Waals surface area (Å²) in [6.07, 6.45) is 0.293. The van der Waals surface area contributed by atoms with Crippen LogP contribution in [0.4, 0.5) is 0 Å². The van der Waals surface area contributed by atoms with E-state index in [-0.39, 0.29) is 28.2 Å². The van der Waals surface area contributed by atoms with Crippen molar-refractivity contribution in [3.63, 3.8) is 0 Å². The Bertz CT molecular complexity index is 736. The third kappa shape index (κ3) is 6.34. The number of hydrogen-bond donors (Lipinski definition) is 0. The summed E-state index contributed by atoms with van der Waals surface area (Å²) in [7, 11) is 2.34. The Balaban J connectivity index is 2.30. The fraction of sp³-hybridized carbons (Fsp3) is 0.619. The first-order valence-corrected chi connectivity index (χ1v) is 13.1. The summed E-state index contributed by atoms with van der Waals surface area (Å²) in [4.78, 5) is 0. The second kappa shape index (κ2) is 11.0. The first-order valence-electron chi connectivity index (χ1n) is 9.80. The average molecular weight is 452 g/mol. The lowest BCUT2D eigenvalue weighted by molar-refractivity contribution is 0.114. The van der Waals surface area contributed by atoms with Crippen LogP contribution in [0.5, 0.6) is 0 Å². The molecule has 1 heterocycles. The van der Waals surface area contributed by atoms with Crippen LogP contribution in [-0.2, 0) is 9.05 Å².